The molecule has 0 aliphatic rings. The van der Waals surface area contributed by atoms with Gasteiger partial charge < -0.3 is 11.1 Å². The normalized spacial score (nSPS) is 11.3. The van der Waals surface area contributed by atoms with E-state index in [0.717, 1.165) is 4.90 Å². The van der Waals surface area contributed by atoms with Gasteiger partial charge in [0, 0.05) is 16.1 Å². The molecule has 0 aromatic heterocycles. The second kappa shape index (κ2) is 5.65. The lowest BCUT2D eigenvalue weighted by Gasteiger charge is -2.20. The van der Waals surface area contributed by atoms with Gasteiger partial charge in [0.15, 0.2) is 0 Å². The van der Waals surface area contributed by atoms with E-state index in [4.69, 9.17) is 17.3 Å². The summed E-state index contributed by atoms with van der Waals surface area (Å²) < 4.78 is 0. The number of nitrogens with one attached hydrogen (secondary N) is 1. The molecule has 17 heavy (non-hydrogen) atoms. The zero-order valence-corrected chi connectivity index (χ0v) is 11.8. The van der Waals surface area contributed by atoms with Gasteiger partial charge in [-0.25, -0.2) is 0 Å². The lowest BCUT2D eigenvalue weighted by Crippen LogP contribution is -2.41. The maximum Gasteiger partial charge on any atom is 0.230 e. The number of anilines is 1. The topological polar surface area (TPSA) is 55.1 Å². The van der Waals surface area contributed by atoms with Crippen LogP contribution in [0.15, 0.2) is 23.1 Å². The molecule has 0 fully saturated rings. The largest absolute Gasteiger partial charge is 0.399 e. The molecule has 3 nitrogen and oxygen atoms in total. The number of hydrogen-bond donors (Lipinski definition) is 2. The molecule has 1 rings (SSSR count). The van der Waals surface area contributed by atoms with E-state index in [0.29, 0.717) is 16.5 Å². The molecule has 1 aromatic rings. The molecule has 0 saturated heterocycles. The van der Waals surface area contributed by atoms with Crippen molar-refractivity contribution < 1.29 is 4.79 Å². The predicted molar refractivity (Wildman–Crippen MR) is 74.5 cm³/mol. The molecular formula is C12H17ClN2OS. The van der Waals surface area contributed by atoms with Gasteiger partial charge >= 0.3 is 0 Å². The van der Waals surface area contributed by atoms with E-state index in [2.05, 4.69) is 5.32 Å². The molecule has 5 heteroatoms. The van der Waals surface area contributed by atoms with Crippen molar-refractivity contribution in [1.82, 2.24) is 5.32 Å². The Kier molecular flexibility index (Phi) is 4.71. The highest BCUT2D eigenvalue weighted by Crippen LogP contribution is 2.28. The van der Waals surface area contributed by atoms with Crippen LogP contribution in [0.25, 0.3) is 0 Å². The summed E-state index contributed by atoms with van der Waals surface area (Å²) in [5.41, 5.74) is 6.10. The van der Waals surface area contributed by atoms with Gasteiger partial charge in [0.25, 0.3) is 0 Å². The number of nitrogen functional groups attached to an aromatic ring is 1. The lowest BCUT2D eigenvalue weighted by molar-refractivity contribution is -0.119. The van der Waals surface area contributed by atoms with E-state index in [1.165, 1.54) is 11.8 Å². The number of benzene rings is 1. The fourth-order valence-corrected chi connectivity index (χ4v) is 2.29. The Balaban J connectivity index is 2.56. The number of amides is 1. The average Bonchev–Trinajstić information content (AvgIpc) is 2.17. The van der Waals surface area contributed by atoms with Gasteiger partial charge in [-0.3, -0.25) is 4.79 Å². The first-order valence-electron chi connectivity index (χ1n) is 5.27. The van der Waals surface area contributed by atoms with Gasteiger partial charge in [-0.2, -0.15) is 0 Å². The number of carbonyl (C=O) groups is 1. The third-order valence-electron chi connectivity index (χ3n) is 1.83. The Morgan fingerprint density at radius 3 is 2.71 bits per heavy atom. The number of halogens is 1. The first-order chi connectivity index (χ1) is 7.78. The van der Waals surface area contributed by atoms with E-state index < -0.39 is 0 Å². The first-order valence-corrected chi connectivity index (χ1v) is 6.63. The summed E-state index contributed by atoms with van der Waals surface area (Å²) in [6.07, 6.45) is 0. The van der Waals surface area contributed by atoms with E-state index >= 15 is 0 Å². The van der Waals surface area contributed by atoms with E-state index in [1.54, 1.807) is 18.2 Å². The van der Waals surface area contributed by atoms with Gasteiger partial charge in [-0.05, 0) is 39.0 Å². The van der Waals surface area contributed by atoms with Crippen LogP contribution in [0.5, 0.6) is 0 Å². The summed E-state index contributed by atoms with van der Waals surface area (Å²) in [5, 5.41) is 3.51. The van der Waals surface area contributed by atoms with Crippen molar-refractivity contribution in [2.75, 3.05) is 11.5 Å². The van der Waals surface area contributed by atoms with Crippen molar-refractivity contribution in [3.05, 3.63) is 23.2 Å². The highest BCUT2D eigenvalue weighted by molar-refractivity contribution is 8.00. The molecule has 3 N–H and O–H groups in total. The molecule has 0 unspecified atom stereocenters. The summed E-state index contributed by atoms with van der Waals surface area (Å²) in [6.45, 7) is 5.84. The second-order valence-corrected chi connectivity index (χ2v) is 6.20. The molecule has 0 heterocycles. The van der Waals surface area contributed by atoms with Crippen LogP contribution in [0.1, 0.15) is 20.8 Å². The van der Waals surface area contributed by atoms with Crippen LogP contribution < -0.4 is 11.1 Å². The minimum Gasteiger partial charge on any atom is -0.399 e. The van der Waals surface area contributed by atoms with Crippen LogP contribution >= 0.6 is 23.4 Å². The Bertz CT molecular complexity index is 415. The first kappa shape index (κ1) is 14.2. The Morgan fingerprint density at radius 1 is 1.47 bits per heavy atom. The van der Waals surface area contributed by atoms with Crippen molar-refractivity contribution in [2.24, 2.45) is 0 Å². The average molecular weight is 273 g/mol. The Labute approximate surface area is 111 Å². The summed E-state index contributed by atoms with van der Waals surface area (Å²) in [7, 11) is 0. The molecule has 0 spiro atoms. The minimum absolute atomic E-state index is 0.0130. The molecular weight excluding hydrogens is 256 g/mol. The van der Waals surface area contributed by atoms with Crippen LogP contribution in [-0.2, 0) is 4.79 Å². The Hall–Kier alpha value is -0.870. The summed E-state index contributed by atoms with van der Waals surface area (Å²) in [5.74, 6) is 0.321. The molecule has 0 aliphatic carbocycles. The fourth-order valence-electron chi connectivity index (χ4n) is 1.23. The zero-order valence-electron chi connectivity index (χ0n) is 10.2. The molecule has 0 bridgehead atoms. The molecule has 0 atom stereocenters. The highest BCUT2D eigenvalue weighted by atomic mass is 35.5. The molecule has 0 saturated carbocycles. The number of rotatable bonds is 3. The third kappa shape index (κ3) is 5.33. The van der Waals surface area contributed by atoms with Crippen molar-refractivity contribution in [3.8, 4) is 0 Å². The van der Waals surface area contributed by atoms with Crippen molar-refractivity contribution in [2.45, 2.75) is 31.2 Å². The van der Waals surface area contributed by atoms with Gasteiger partial charge in [-0.1, -0.05) is 11.6 Å². The quantitative estimate of drug-likeness (QED) is 0.657. The van der Waals surface area contributed by atoms with Crippen LogP contribution in [0.2, 0.25) is 5.02 Å². The van der Waals surface area contributed by atoms with Gasteiger partial charge in [0.1, 0.15) is 0 Å². The van der Waals surface area contributed by atoms with E-state index in [9.17, 15) is 4.79 Å². The van der Waals surface area contributed by atoms with Gasteiger partial charge in [0.2, 0.25) is 5.91 Å². The van der Waals surface area contributed by atoms with Crippen LogP contribution in [0, 0.1) is 0 Å². The van der Waals surface area contributed by atoms with Crippen molar-refractivity contribution in [3.63, 3.8) is 0 Å². The van der Waals surface area contributed by atoms with Crippen LogP contribution in [0.4, 0.5) is 5.69 Å². The standard InChI is InChI=1S/C12H17ClN2OS/c1-12(2,3)15-11(16)7-17-10-6-8(14)4-5-9(10)13/h4-6H,7,14H2,1-3H3,(H,15,16). The Morgan fingerprint density at radius 2 is 2.12 bits per heavy atom. The maximum atomic E-state index is 11.6. The second-order valence-electron chi connectivity index (χ2n) is 4.78. The summed E-state index contributed by atoms with van der Waals surface area (Å²) >= 11 is 7.39. The predicted octanol–water partition coefficient (Wildman–Crippen LogP) is 2.93. The van der Waals surface area contributed by atoms with Crippen LogP contribution in [-0.4, -0.2) is 17.2 Å². The molecule has 1 aromatic carbocycles. The van der Waals surface area contributed by atoms with Gasteiger partial charge in [0.05, 0.1) is 10.8 Å². The monoisotopic (exact) mass is 272 g/mol. The molecule has 0 aliphatic heterocycles. The number of thioether (sulfide) groups is 1. The van der Waals surface area contributed by atoms with E-state index in [1.807, 2.05) is 20.8 Å². The van der Waals surface area contributed by atoms with Crippen LogP contribution in [0.3, 0.4) is 0 Å². The summed E-state index contributed by atoms with van der Waals surface area (Å²) in [4.78, 5) is 12.5. The zero-order chi connectivity index (χ0) is 13.1. The number of hydrogen-bond acceptors (Lipinski definition) is 3. The van der Waals surface area contributed by atoms with Gasteiger partial charge in [-0.15, -0.1) is 11.8 Å². The molecule has 1 amide bonds. The SMILES string of the molecule is CC(C)(C)NC(=O)CSc1cc(N)ccc1Cl. The number of carbonyl (C=O) groups excluding carboxylic acids is 1. The smallest absolute Gasteiger partial charge is 0.230 e. The fraction of sp³-hybridized carbons (Fsp3) is 0.417. The van der Waals surface area contributed by atoms with Crippen molar-refractivity contribution in [1.29, 1.82) is 0 Å². The summed E-state index contributed by atoms with van der Waals surface area (Å²) in [6, 6.07) is 5.25. The van der Waals surface area contributed by atoms with Crippen molar-refractivity contribution >= 4 is 35.0 Å². The lowest BCUT2D eigenvalue weighted by atomic mass is 10.1. The van der Waals surface area contributed by atoms with E-state index in [-0.39, 0.29) is 11.4 Å². The third-order valence-corrected chi connectivity index (χ3v) is 3.33. The minimum atomic E-state index is -0.211. The highest BCUT2D eigenvalue weighted by Gasteiger charge is 2.14. The number of nitrogens with two attached hydrogens (primary N) is 1. The molecule has 94 valence electrons. The maximum absolute atomic E-state index is 11.6. The molecule has 0 radical (unpaired) electrons.